The van der Waals surface area contributed by atoms with Gasteiger partial charge in [-0.15, -0.1) is 0 Å². The van der Waals surface area contributed by atoms with Gasteiger partial charge in [-0.3, -0.25) is 9.88 Å². The van der Waals surface area contributed by atoms with Gasteiger partial charge in [0.15, 0.2) is 0 Å². The van der Waals surface area contributed by atoms with Crippen LogP contribution in [0.2, 0.25) is 0 Å². The second-order valence-electron chi connectivity index (χ2n) is 5.47. The molecule has 0 saturated carbocycles. The molecule has 0 radical (unpaired) electrons. The van der Waals surface area contributed by atoms with Crippen LogP contribution in [0.3, 0.4) is 0 Å². The van der Waals surface area contributed by atoms with Gasteiger partial charge < -0.3 is 5.32 Å². The topological polar surface area (TPSA) is 28.2 Å². The molecule has 1 aromatic rings. The molecule has 1 unspecified atom stereocenters. The van der Waals surface area contributed by atoms with Gasteiger partial charge in [-0.25, -0.2) is 0 Å². The quantitative estimate of drug-likeness (QED) is 0.718. The van der Waals surface area contributed by atoms with E-state index in [2.05, 4.69) is 49.1 Å². The number of likely N-dealkylation sites (N-methyl/N-ethyl adjacent to an activating group) is 1. The lowest BCUT2D eigenvalue weighted by Gasteiger charge is -2.24. The fourth-order valence-electron chi connectivity index (χ4n) is 1.76. The van der Waals surface area contributed by atoms with Crippen molar-refractivity contribution in [3.8, 4) is 0 Å². The number of hydrogen-bond donors (Lipinski definition) is 1. The van der Waals surface area contributed by atoms with Crippen LogP contribution in [0, 0.1) is 5.92 Å². The third-order valence-corrected chi connectivity index (χ3v) is 3.23. The molecule has 0 fully saturated rings. The van der Waals surface area contributed by atoms with Crippen LogP contribution < -0.4 is 5.32 Å². The van der Waals surface area contributed by atoms with Crippen LogP contribution in [0.15, 0.2) is 24.4 Å². The zero-order chi connectivity index (χ0) is 13.4. The van der Waals surface area contributed by atoms with E-state index in [0.29, 0.717) is 6.04 Å². The molecule has 102 valence electrons. The van der Waals surface area contributed by atoms with Crippen LogP contribution >= 0.6 is 0 Å². The van der Waals surface area contributed by atoms with Crippen LogP contribution in [-0.2, 0) is 6.54 Å². The van der Waals surface area contributed by atoms with Crippen LogP contribution in [0.4, 0.5) is 0 Å². The van der Waals surface area contributed by atoms with Crippen LogP contribution in [-0.4, -0.2) is 36.1 Å². The van der Waals surface area contributed by atoms with Crippen molar-refractivity contribution >= 4 is 0 Å². The smallest absolute Gasteiger partial charge is 0.0543 e. The monoisotopic (exact) mass is 249 g/mol. The molecule has 0 spiro atoms. The van der Waals surface area contributed by atoms with Crippen LogP contribution in [0.1, 0.15) is 32.9 Å². The molecular weight excluding hydrogens is 222 g/mol. The number of nitrogens with one attached hydrogen (secondary N) is 1. The van der Waals surface area contributed by atoms with E-state index in [9.17, 15) is 0 Å². The molecule has 0 aliphatic heterocycles. The highest BCUT2D eigenvalue weighted by Gasteiger charge is 2.09. The fraction of sp³-hybridized carbons (Fsp3) is 0.667. The van der Waals surface area contributed by atoms with Gasteiger partial charge in [-0.05, 0) is 45.0 Å². The zero-order valence-corrected chi connectivity index (χ0v) is 12.2. The Hall–Kier alpha value is -0.930. The van der Waals surface area contributed by atoms with E-state index in [1.54, 1.807) is 0 Å². The Morgan fingerprint density at radius 1 is 1.28 bits per heavy atom. The van der Waals surface area contributed by atoms with Gasteiger partial charge in [0, 0.05) is 25.3 Å². The molecule has 18 heavy (non-hydrogen) atoms. The average Bonchev–Trinajstić information content (AvgIpc) is 2.35. The van der Waals surface area contributed by atoms with Gasteiger partial charge in [-0.2, -0.15) is 0 Å². The van der Waals surface area contributed by atoms with Gasteiger partial charge in [0.25, 0.3) is 0 Å². The minimum Gasteiger partial charge on any atom is -0.315 e. The summed E-state index contributed by atoms with van der Waals surface area (Å²) < 4.78 is 0. The summed E-state index contributed by atoms with van der Waals surface area (Å²) in [4.78, 5) is 6.70. The molecule has 0 aliphatic rings. The normalized spacial score (nSPS) is 13.2. The van der Waals surface area contributed by atoms with E-state index in [-0.39, 0.29) is 0 Å². The lowest BCUT2D eigenvalue weighted by atomic mass is 10.1. The van der Waals surface area contributed by atoms with Crippen molar-refractivity contribution in [3.63, 3.8) is 0 Å². The second kappa shape index (κ2) is 8.22. The van der Waals surface area contributed by atoms with Crippen molar-refractivity contribution < 1.29 is 0 Å². The maximum absolute atomic E-state index is 4.36. The second-order valence-corrected chi connectivity index (χ2v) is 5.47. The molecule has 0 aliphatic carbocycles. The third-order valence-electron chi connectivity index (χ3n) is 3.23. The van der Waals surface area contributed by atoms with E-state index in [1.807, 2.05) is 18.3 Å². The van der Waals surface area contributed by atoms with Crippen molar-refractivity contribution in [3.05, 3.63) is 30.1 Å². The highest BCUT2D eigenvalue weighted by Crippen LogP contribution is 2.03. The molecule has 0 amide bonds. The Morgan fingerprint density at radius 2 is 2.06 bits per heavy atom. The maximum Gasteiger partial charge on any atom is 0.0543 e. The number of pyridine rings is 1. The number of nitrogens with zero attached hydrogens (tertiary/aromatic N) is 2. The Bertz CT molecular complexity index is 311. The van der Waals surface area contributed by atoms with E-state index >= 15 is 0 Å². The summed E-state index contributed by atoms with van der Waals surface area (Å²) >= 11 is 0. The summed E-state index contributed by atoms with van der Waals surface area (Å²) in [5.41, 5.74) is 1.13. The van der Waals surface area contributed by atoms with Gasteiger partial charge in [0.05, 0.1) is 5.69 Å². The molecule has 1 rings (SSSR count). The molecular formula is C15H27N3. The third kappa shape index (κ3) is 6.12. The Kier molecular flexibility index (Phi) is 6.91. The van der Waals surface area contributed by atoms with Gasteiger partial charge in [-0.1, -0.05) is 19.9 Å². The highest BCUT2D eigenvalue weighted by atomic mass is 15.1. The summed E-state index contributed by atoms with van der Waals surface area (Å²) in [5.74, 6) is 0.777. The lowest BCUT2D eigenvalue weighted by Crippen LogP contribution is -2.38. The molecule has 1 heterocycles. The average molecular weight is 249 g/mol. The summed E-state index contributed by atoms with van der Waals surface area (Å²) in [6, 6.07) is 6.61. The molecule has 0 bridgehead atoms. The van der Waals surface area contributed by atoms with Crippen LogP contribution in [0.25, 0.3) is 0 Å². The summed E-state index contributed by atoms with van der Waals surface area (Å²) in [5, 5.41) is 3.52. The SMILES string of the molecule is CC(C)CCNCC(C)N(C)Cc1ccccn1. The molecule has 1 atom stereocenters. The van der Waals surface area contributed by atoms with Gasteiger partial charge in [0.2, 0.25) is 0 Å². The molecule has 0 aromatic carbocycles. The zero-order valence-electron chi connectivity index (χ0n) is 12.2. The first-order chi connectivity index (χ1) is 8.59. The Balaban J connectivity index is 2.22. The highest BCUT2D eigenvalue weighted by molar-refractivity contribution is 5.03. The van der Waals surface area contributed by atoms with E-state index in [4.69, 9.17) is 0 Å². The summed E-state index contributed by atoms with van der Waals surface area (Å²) in [7, 11) is 2.16. The van der Waals surface area contributed by atoms with Crippen molar-refractivity contribution in [2.45, 2.75) is 39.8 Å². The molecule has 0 saturated heterocycles. The largest absolute Gasteiger partial charge is 0.315 e. The number of rotatable bonds is 8. The fourth-order valence-corrected chi connectivity index (χ4v) is 1.76. The minimum atomic E-state index is 0.527. The Labute approximate surface area is 112 Å². The Morgan fingerprint density at radius 3 is 2.67 bits per heavy atom. The van der Waals surface area contributed by atoms with Crippen molar-refractivity contribution in [2.75, 3.05) is 20.1 Å². The first-order valence-electron chi connectivity index (χ1n) is 6.90. The van der Waals surface area contributed by atoms with Crippen molar-refractivity contribution in [1.82, 2.24) is 15.2 Å². The number of aromatic nitrogens is 1. The lowest BCUT2D eigenvalue weighted by molar-refractivity contribution is 0.239. The van der Waals surface area contributed by atoms with E-state index in [0.717, 1.165) is 31.2 Å². The van der Waals surface area contributed by atoms with E-state index < -0.39 is 0 Å². The molecule has 1 aromatic heterocycles. The van der Waals surface area contributed by atoms with Crippen molar-refractivity contribution in [1.29, 1.82) is 0 Å². The molecule has 3 heteroatoms. The predicted molar refractivity (Wildman–Crippen MR) is 77.5 cm³/mol. The predicted octanol–water partition coefficient (Wildman–Crippen LogP) is 2.54. The molecule has 3 nitrogen and oxygen atoms in total. The standard InChI is InChI=1S/C15H27N3/c1-13(2)8-10-16-11-14(3)18(4)12-15-7-5-6-9-17-15/h5-7,9,13-14,16H,8,10-12H2,1-4H3. The minimum absolute atomic E-state index is 0.527. The first kappa shape index (κ1) is 15.1. The maximum atomic E-state index is 4.36. The summed E-state index contributed by atoms with van der Waals surface area (Å²) in [6.45, 7) is 9.84. The van der Waals surface area contributed by atoms with Crippen molar-refractivity contribution in [2.24, 2.45) is 5.92 Å². The first-order valence-corrected chi connectivity index (χ1v) is 6.90. The van der Waals surface area contributed by atoms with Crippen LogP contribution in [0.5, 0.6) is 0 Å². The molecule has 1 N–H and O–H groups in total. The van der Waals surface area contributed by atoms with Gasteiger partial charge in [0.1, 0.15) is 0 Å². The summed E-state index contributed by atoms with van der Waals surface area (Å²) in [6.07, 6.45) is 3.10. The van der Waals surface area contributed by atoms with E-state index in [1.165, 1.54) is 6.42 Å². The number of hydrogen-bond acceptors (Lipinski definition) is 3. The van der Waals surface area contributed by atoms with Gasteiger partial charge >= 0.3 is 0 Å².